The van der Waals surface area contributed by atoms with E-state index in [1.807, 2.05) is 0 Å². The van der Waals surface area contributed by atoms with Crippen molar-refractivity contribution < 1.29 is 27.8 Å². The summed E-state index contributed by atoms with van der Waals surface area (Å²) in [6.45, 7) is 0. The summed E-state index contributed by atoms with van der Waals surface area (Å²) < 4.78 is 38.9. The number of benzene rings is 2. The van der Waals surface area contributed by atoms with Crippen LogP contribution in [0, 0.1) is 0 Å². The third kappa shape index (κ3) is 5.71. The zero-order chi connectivity index (χ0) is 20.9. The minimum Gasteiger partial charge on any atom is -0.497 e. The molecule has 2 aromatic carbocycles. The highest BCUT2D eigenvalue weighted by Crippen LogP contribution is 2.27. The molecular weight excluding hydrogens is 394 g/mol. The molecule has 0 bridgehead atoms. The normalized spacial score (nSPS) is 15.8. The lowest BCUT2D eigenvalue weighted by Crippen LogP contribution is -2.30. The number of carboxylic acids is 1. The van der Waals surface area contributed by atoms with Crippen molar-refractivity contribution in [1.29, 1.82) is 0 Å². The lowest BCUT2D eigenvalue weighted by molar-refractivity contribution is -0.137. The SMILES string of the molecule is COc1ccc(S(=O)(=O)N[C@@H](CC(=O)O)c2ccc(OC3CCCC3)cc2)cc1. The minimum atomic E-state index is -3.91. The van der Waals surface area contributed by atoms with E-state index in [1.54, 1.807) is 24.3 Å². The van der Waals surface area contributed by atoms with Gasteiger partial charge in [0.1, 0.15) is 11.5 Å². The van der Waals surface area contributed by atoms with Crippen LogP contribution >= 0.6 is 0 Å². The largest absolute Gasteiger partial charge is 0.497 e. The van der Waals surface area contributed by atoms with E-state index in [-0.39, 0.29) is 17.4 Å². The zero-order valence-electron chi connectivity index (χ0n) is 16.2. The third-order valence-corrected chi connectivity index (χ3v) is 6.42. The second kappa shape index (κ2) is 9.28. The fourth-order valence-electron chi connectivity index (χ4n) is 3.39. The molecule has 1 aliphatic rings. The second-order valence-corrected chi connectivity index (χ2v) is 8.75. The lowest BCUT2D eigenvalue weighted by atomic mass is 10.0. The first-order valence-electron chi connectivity index (χ1n) is 9.52. The van der Waals surface area contributed by atoms with Gasteiger partial charge in [-0.1, -0.05) is 12.1 Å². The molecule has 1 atom stereocenters. The van der Waals surface area contributed by atoms with Crippen molar-refractivity contribution in [3.05, 3.63) is 54.1 Å². The molecule has 29 heavy (non-hydrogen) atoms. The van der Waals surface area contributed by atoms with E-state index in [2.05, 4.69) is 4.72 Å². The first-order chi connectivity index (χ1) is 13.9. The number of carboxylic acid groups (broad SMARTS) is 1. The van der Waals surface area contributed by atoms with Gasteiger partial charge < -0.3 is 14.6 Å². The molecule has 8 heteroatoms. The molecule has 1 aliphatic carbocycles. The number of nitrogens with one attached hydrogen (secondary N) is 1. The summed E-state index contributed by atoms with van der Waals surface area (Å²) in [5.41, 5.74) is 0.559. The Kier molecular flexibility index (Phi) is 6.76. The Morgan fingerprint density at radius 1 is 1.07 bits per heavy atom. The summed E-state index contributed by atoms with van der Waals surface area (Å²) in [5.74, 6) is 0.135. The van der Waals surface area contributed by atoms with Crippen LogP contribution in [0.3, 0.4) is 0 Å². The number of sulfonamides is 1. The van der Waals surface area contributed by atoms with Gasteiger partial charge in [-0.25, -0.2) is 13.1 Å². The fourth-order valence-corrected chi connectivity index (χ4v) is 4.61. The standard InChI is InChI=1S/C21H25NO6S/c1-27-16-10-12-19(13-11-16)29(25,26)22-20(14-21(23)24)15-6-8-18(9-7-15)28-17-4-2-3-5-17/h6-13,17,20,22H,2-5,14H2,1H3,(H,23,24)/t20-/m0/s1. The zero-order valence-corrected chi connectivity index (χ0v) is 17.0. The van der Waals surface area contributed by atoms with Crippen LogP contribution in [0.15, 0.2) is 53.4 Å². The molecule has 2 aromatic rings. The van der Waals surface area contributed by atoms with E-state index >= 15 is 0 Å². The molecule has 1 fully saturated rings. The molecule has 0 unspecified atom stereocenters. The van der Waals surface area contributed by atoms with E-state index in [4.69, 9.17) is 9.47 Å². The number of ether oxygens (including phenoxy) is 2. The van der Waals surface area contributed by atoms with Crippen molar-refractivity contribution in [2.45, 2.75) is 49.1 Å². The van der Waals surface area contributed by atoms with E-state index in [0.717, 1.165) is 25.7 Å². The quantitative estimate of drug-likeness (QED) is 0.645. The van der Waals surface area contributed by atoms with Gasteiger partial charge in [-0.2, -0.15) is 0 Å². The van der Waals surface area contributed by atoms with Crippen molar-refractivity contribution in [2.24, 2.45) is 0 Å². The Bertz CT molecular complexity index is 919. The van der Waals surface area contributed by atoms with Gasteiger partial charge in [0.2, 0.25) is 10.0 Å². The van der Waals surface area contributed by atoms with Gasteiger partial charge in [0.15, 0.2) is 0 Å². The first-order valence-corrected chi connectivity index (χ1v) is 11.0. The van der Waals surface area contributed by atoms with Crippen molar-refractivity contribution in [3.8, 4) is 11.5 Å². The Morgan fingerprint density at radius 3 is 2.21 bits per heavy atom. The summed E-state index contributed by atoms with van der Waals surface area (Å²) in [5, 5.41) is 9.25. The molecule has 2 N–H and O–H groups in total. The summed E-state index contributed by atoms with van der Waals surface area (Å²) in [7, 11) is -2.42. The maximum Gasteiger partial charge on any atom is 0.305 e. The maximum absolute atomic E-state index is 12.7. The molecule has 0 aliphatic heterocycles. The van der Waals surface area contributed by atoms with Crippen LogP contribution in [0.2, 0.25) is 0 Å². The molecule has 0 spiro atoms. The Labute approximate surface area is 170 Å². The van der Waals surface area contributed by atoms with Crippen LogP contribution in [0.4, 0.5) is 0 Å². The second-order valence-electron chi connectivity index (χ2n) is 7.04. The average Bonchev–Trinajstić information content (AvgIpc) is 3.20. The Balaban J connectivity index is 1.76. The molecular formula is C21H25NO6S. The molecule has 0 amide bonds. The van der Waals surface area contributed by atoms with Crippen LogP contribution in [0.25, 0.3) is 0 Å². The third-order valence-electron chi connectivity index (χ3n) is 4.93. The fraction of sp³-hybridized carbons (Fsp3) is 0.381. The molecule has 0 saturated heterocycles. The summed E-state index contributed by atoms with van der Waals surface area (Å²) in [6, 6.07) is 11.9. The van der Waals surface area contributed by atoms with Crippen molar-refractivity contribution in [1.82, 2.24) is 4.72 Å². The predicted octanol–water partition coefficient (Wildman–Crippen LogP) is 3.51. The minimum absolute atomic E-state index is 0.0369. The van der Waals surface area contributed by atoms with Crippen LogP contribution < -0.4 is 14.2 Å². The number of hydrogen-bond donors (Lipinski definition) is 2. The number of methoxy groups -OCH3 is 1. The van der Waals surface area contributed by atoms with Crippen LogP contribution in [-0.4, -0.2) is 32.7 Å². The number of hydrogen-bond acceptors (Lipinski definition) is 5. The first kappa shape index (κ1) is 21.1. The number of aliphatic carboxylic acids is 1. The molecule has 3 rings (SSSR count). The van der Waals surface area contributed by atoms with Gasteiger partial charge in [-0.15, -0.1) is 0 Å². The monoisotopic (exact) mass is 419 g/mol. The molecule has 0 aromatic heterocycles. The number of carbonyl (C=O) groups is 1. The highest BCUT2D eigenvalue weighted by molar-refractivity contribution is 7.89. The van der Waals surface area contributed by atoms with Crippen molar-refractivity contribution in [2.75, 3.05) is 7.11 Å². The molecule has 0 heterocycles. The van der Waals surface area contributed by atoms with Gasteiger partial charge >= 0.3 is 5.97 Å². The van der Waals surface area contributed by atoms with Gasteiger partial charge in [-0.05, 0) is 67.6 Å². The topological polar surface area (TPSA) is 102 Å². The molecule has 0 radical (unpaired) electrons. The van der Waals surface area contributed by atoms with E-state index in [1.165, 1.54) is 31.4 Å². The molecule has 1 saturated carbocycles. The smallest absolute Gasteiger partial charge is 0.305 e. The van der Waals surface area contributed by atoms with E-state index in [9.17, 15) is 18.3 Å². The highest BCUT2D eigenvalue weighted by atomic mass is 32.2. The Morgan fingerprint density at radius 2 is 1.66 bits per heavy atom. The average molecular weight is 419 g/mol. The summed E-state index contributed by atoms with van der Waals surface area (Å²) in [4.78, 5) is 11.3. The van der Waals surface area contributed by atoms with Crippen LogP contribution in [0.5, 0.6) is 11.5 Å². The lowest BCUT2D eigenvalue weighted by Gasteiger charge is -2.19. The Hall–Kier alpha value is -2.58. The van der Waals surface area contributed by atoms with E-state index < -0.39 is 22.0 Å². The summed E-state index contributed by atoms with van der Waals surface area (Å²) >= 11 is 0. The molecule has 7 nitrogen and oxygen atoms in total. The number of rotatable bonds is 9. The van der Waals surface area contributed by atoms with Crippen LogP contribution in [-0.2, 0) is 14.8 Å². The molecule has 156 valence electrons. The van der Waals surface area contributed by atoms with Crippen molar-refractivity contribution in [3.63, 3.8) is 0 Å². The van der Waals surface area contributed by atoms with Crippen molar-refractivity contribution >= 4 is 16.0 Å². The highest BCUT2D eigenvalue weighted by Gasteiger charge is 2.24. The van der Waals surface area contributed by atoms with Crippen LogP contribution in [0.1, 0.15) is 43.7 Å². The van der Waals surface area contributed by atoms with Gasteiger partial charge in [-0.3, -0.25) is 4.79 Å². The maximum atomic E-state index is 12.7. The van der Waals surface area contributed by atoms with Gasteiger partial charge in [0.05, 0.1) is 30.6 Å². The van der Waals surface area contributed by atoms with E-state index in [0.29, 0.717) is 17.1 Å². The van der Waals surface area contributed by atoms with Gasteiger partial charge in [0, 0.05) is 0 Å². The summed E-state index contributed by atoms with van der Waals surface area (Å²) in [6.07, 6.45) is 4.23. The predicted molar refractivity (Wildman–Crippen MR) is 108 cm³/mol. The van der Waals surface area contributed by atoms with Gasteiger partial charge in [0.25, 0.3) is 0 Å².